The van der Waals surface area contributed by atoms with E-state index in [4.69, 9.17) is 9.47 Å². The molecule has 0 bridgehead atoms. The molecule has 0 aliphatic carbocycles. The van der Waals surface area contributed by atoms with E-state index in [1.165, 1.54) is 0 Å². The first kappa shape index (κ1) is 13.2. The highest BCUT2D eigenvalue weighted by Crippen LogP contribution is 2.34. The molecule has 2 unspecified atom stereocenters. The van der Waals surface area contributed by atoms with E-state index in [0.717, 1.165) is 0 Å². The average molecular weight is 299 g/mol. The van der Waals surface area contributed by atoms with E-state index in [0.29, 0.717) is 24.6 Å². The lowest BCUT2D eigenvalue weighted by Gasteiger charge is -2.42. The van der Waals surface area contributed by atoms with E-state index >= 15 is 0 Å². The Balaban J connectivity index is 1.44. The summed E-state index contributed by atoms with van der Waals surface area (Å²) in [4.78, 5) is 14.4. The molecular formula is C16H17N3O3. The topological polar surface area (TPSA) is 56.6 Å². The van der Waals surface area contributed by atoms with Crippen LogP contribution in [-0.4, -0.2) is 45.9 Å². The van der Waals surface area contributed by atoms with Crippen LogP contribution in [0, 0.1) is 0 Å². The zero-order valence-electron chi connectivity index (χ0n) is 12.3. The third-order valence-corrected chi connectivity index (χ3v) is 4.16. The molecule has 2 aromatic rings. The van der Waals surface area contributed by atoms with E-state index in [1.807, 2.05) is 48.1 Å². The molecule has 0 spiro atoms. The third-order valence-electron chi connectivity index (χ3n) is 4.16. The van der Waals surface area contributed by atoms with Gasteiger partial charge in [0.25, 0.3) is 5.91 Å². The predicted octanol–water partition coefficient (Wildman–Crippen LogP) is 1.49. The molecule has 4 rings (SSSR count). The van der Waals surface area contributed by atoms with Crippen molar-refractivity contribution >= 4 is 5.91 Å². The fraction of sp³-hybridized carbons (Fsp3) is 0.375. The van der Waals surface area contributed by atoms with Gasteiger partial charge in [-0.1, -0.05) is 12.1 Å². The average Bonchev–Trinajstić information content (AvgIpc) is 2.98. The first-order valence-electron chi connectivity index (χ1n) is 7.42. The molecule has 6 heteroatoms. The second-order valence-corrected chi connectivity index (χ2v) is 5.69. The number of para-hydroxylation sites is 2. The maximum absolute atomic E-state index is 12.6. The van der Waals surface area contributed by atoms with Gasteiger partial charge in [-0.2, -0.15) is 5.10 Å². The number of carbonyl (C=O) groups excluding carboxylic acids is 1. The molecule has 2 atom stereocenters. The van der Waals surface area contributed by atoms with Crippen LogP contribution < -0.4 is 9.47 Å². The summed E-state index contributed by atoms with van der Waals surface area (Å²) >= 11 is 0. The van der Waals surface area contributed by atoms with Crippen LogP contribution in [0.1, 0.15) is 13.0 Å². The minimum Gasteiger partial charge on any atom is -0.482 e. The van der Waals surface area contributed by atoms with Gasteiger partial charge >= 0.3 is 0 Å². The standard InChI is InChI=1S/C16H17N3O3/c1-11-15(22-14-6-3-2-5-13(14)21-11)16(20)18-9-12(10-18)19-8-4-7-17-19/h2-8,11-12,15H,9-10H2,1H3. The van der Waals surface area contributed by atoms with Gasteiger partial charge in [-0.05, 0) is 25.1 Å². The van der Waals surface area contributed by atoms with Crippen LogP contribution in [0.15, 0.2) is 42.7 Å². The van der Waals surface area contributed by atoms with E-state index in [1.54, 1.807) is 11.1 Å². The Labute approximate surface area is 128 Å². The minimum atomic E-state index is -0.589. The zero-order chi connectivity index (χ0) is 15.1. The summed E-state index contributed by atoms with van der Waals surface area (Å²) in [5.74, 6) is 1.30. The number of amides is 1. The van der Waals surface area contributed by atoms with Crippen LogP contribution in [0.2, 0.25) is 0 Å². The Morgan fingerprint density at radius 1 is 1.18 bits per heavy atom. The molecule has 2 aliphatic rings. The zero-order valence-corrected chi connectivity index (χ0v) is 12.3. The highest BCUT2D eigenvalue weighted by atomic mass is 16.6. The molecule has 6 nitrogen and oxygen atoms in total. The number of rotatable bonds is 2. The lowest BCUT2D eigenvalue weighted by atomic mass is 10.1. The summed E-state index contributed by atoms with van der Waals surface area (Å²) in [6, 6.07) is 9.58. The van der Waals surface area contributed by atoms with Gasteiger partial charge < -0.3 is 14.4 Å². The maximum Gasteiger partial charge on any atom is 0.267 e. The molecule has 1 fully saturated rings. The van der Waals surface area contributed by atoms with Crippen molar-refractivity contribution in [3.05, 3.63) is 42.7 Å². The summed E-state index contributed by atoms with van der Waals surface area (Å²) in [6.45, 7) is 3.19. The molecule has 1 amide bonds. The quantitative estimate of drug-likeness (QED) is 0.843. The van der Waals surface area contributed by atoms with Crippen molar-refractivity contribution in [2.24, 2.45) is 0 Å². The lowest BCUT2D eigenvalue weighted by molar-refractivity contribution is -0.150. The van der Waals surface area contributed by atoms with Crippen LogP contribution in [-0.2, 0) is 4.79 Å². The molecule has 0 saturated carbocycles. The number of fused-ring (bicyclic) bond motifs is 1. The van der Waals surface area contributed by atoms with Crippen molar-refractivity contribution < 1.29 is 14.3 Å². The number of aromatic nitrogens is 2. The van der Waals surface area contributed by atoms with Gasteiger partial charge in [0.2, 0.25) is 6.10 Å². The van der Waals surface area contributed by atoms with Crippen molar-refractivity contribution in [1.29, 1.82) is 0 Å². The second-order valence-electron chi connectivity index (χ2n) is 5.69. The number of hydrogen-bond acceptors (Lipinski definition) is 4. The first-order valence-corrected chi connectivity index (χ1v) is 7.42. The molecular weight excluding hydrogens is 282 g/mol. The summed E-state index contributed by atoms with van der Waals surface area (Å²) in [7, 11) is 0. The molecule has 114 valence electrons. The third kappa shape index (κ3) is 2.11. The van der Waals surface area contributed by atoms with E-state index in [-0.39, 0.29) is 18.1 Å². The molecule has 2 aliphatic heterocycles. The molecule has 0 radical (unpaired) electrons. The fourth-order valence-electron chi connectivity index (χ4n) is 2.87. The summed E-state index contributed by atoms with van der Waals surface area (Å²) < 4.78 is 13.5. The van der Waals surface area contributed by atoms with Gasteiger partial charge in [0.1, 0.15) is 6.10 Å². The van der Waals surface area contributed by atoms with Gasteiger partial charge in [-0.25, -0.2) is 0 Å². The summed E-state index contributed by atoms with van der Waals surface area (Å²) in [5, 5.41) is 4.21. The number of benzene rings is 1. The molecule has 1 aromatic carbocycles. The van der Waals surface area contributed by atoms with Crippen LogP contribution in [0.5, 0.6) is 11.5 Å². The fourth-order valence-corrected chi connectivity index (χ4v) is 2.87. The minimum absolute atomic E-state index is 0.0228. The SMILES string of the molecule is CC1Oc2ccccc2OC1C(=O)N1CC(n2cccn2)C1. The van der Waals surface area contributed by atoms with Gasteiger partial charge in [0.05, 0.1) is 6.04 Å². The van der Waals surface area contributed by atoms with Crippen molar-refractivity contribution in [3.8, 4) is 11.5 Å². The van der Waals surface area contributed by atoms with Crippen LogP contribution in [0.4, 0.5) is 0 Å². The molecule has 1 aromatic heterocycles. The molecule has 22 heavy (non-hydrogen) atoms. The molecule has 3 heterocycles. The number of likely N-dealkylation sites (tertiary alicyclic amines) is 1. The normalized spacial score (nSPS) is 24.0. The smallest absolute Gasteiger partial charge is 0.267 e. The van der Waals surface area contributed by atoms with Crippen LogP contribution in [0.25, 0.3) is 0 Å². The van der Waals surface area contributed by atoms with E-state index in [2.05, 4.69) is 5.10 Å². The lowest BCUT2D eigenvalue weighted by Crippen LogP contribution is -2.58. The van der Waals surface area contributed by atoms with Crippen molar-refractivity contribution in [2.45, 2.75) is 25.2 Å². The number of ether oxygens (including phenoxy) is 2. The van der Waals surface area contributed by atoms with E-state index < -0.39 is 6.10 Å². The first-order chi connectivity index (χ1) is 10.7. The Bertz CT molecular complexity index is 680. The Hall–Kier alpha value is -2.50. The van der Waals surface area contributed by atoms with Gasteiger partial charge in [0, 0.05) is 25.5 Å². The van der Waals surface area contributed by atoms with Gasteiger partial charge in [-0.3, -0.25) is 9.48 Å². The summed E-state index contributed by atoms with van der Waals surface area (Å²) in [5.41, 5.74) is 0. The van der Waals surface area contributed by atoms with Gasteiger partial charge in [-0.15, -0.1) is 0 Å². The molecule has 1 saturated heterocycles. The molecule has 0 N–H and O–H groups in total. The van der Waals surface area contributed by atoms with Gasteiger partial charge in [0.15, 0.2) is 11.5 Å². The largest absolute Gasteiger partial charge is 0.482 e. The maximum atomic E-state index is 12.6. The Morgan fingerprint density at radius 2 is 1.91 bits per heavy atom. The number of nitrogens with zero attached hydrogens (tertiary/aromatic N) is 3. The Kier molecular flexibility index (Phi) is 3.03. The van der Waals surface area contributed by atoms with Crippen molar-refractivity contribution in [2.75, 3.05) is 13.1 Å². The van der Waals surface area contributed by atoms with Crippen molar-refractivity contribution in [3.63, 3.8) is 0 Å². The van der Waals surface area contributed by atoms with Crippen LogP contribution in [0.3, 0.4) is 0 Å². The highest BCUT2D eigenvalue weighted by Gasteiger charge is 2.41. The highest BCUT2D eigenvalue weighted by molar-refractivity contribution is 5.83. The number of hydrogen-bond donors (Lipinski definition) is 0. The Morgan fingerprint density at radius 3 is 2.59 bits per heavy atom. The summed E-state index contributed by atoms with van der Waals surface area (Å²) in [6.07, 6.45) is 2.78. The monoisotopic (exact) mass is 299 g/mol. The van der Waals surface area contributed by atoms with Crippen LogP contribution >= 0.6 is 0 Å². The van der Waals surface area contributed by atoms with Crippen molar-refractivity contribution in [1.82, 2.24) is 14.7 Å². The number of carbonyl (C=O) groups is 1. The second kappa shape index (κ2) is 5.05. The van der Waals surface area contributed by atoms with E-state index in [9.17, 15) is 4.79 Å². The predicted molar refractivity (Wildman–Crippen MR) is 78.8 cm³/mol.